The Kier molecular flexibility index (Phi) is 6.09. The Morgan fingerprint density at radius 2 is 1.90 bits per heavy atom. The van der Waals surface area contributed by atoms with E-state index in [9.17, 15) is 4.79 Å². The minimum atomic E-state index is -0.228. The standard InChI is InChI=1S/C23H26N6O/c1-16-10-25-20(13-24-16)22-19(23(30)27-11-17-6-4-3-5-7-17)12-26-21(28-22)15-29(2)14-18-8-9-18/h3-7,10,12-13,18H,8-9,11,14-15H2,1-2H3,(H,27,30). The van der Waals surface area contributed by atoms with Crippen LogP contribution in [0.1, 0.15) is 40.3 Å². The van der Waals surface area contributed by atoms with Crippen LogP contribution in [0.25, 0.3) is 11.4 Å². The summed E-state index contributed by atoms with van der Waals surface area (Å²) in [7, 11) is 2.08. The van der Waals surface area contributed by atoms with Gasteiger partial charge in [0.05, 0.1) is 24.0 Å². The molecule has 0 aliphatic heterocycles. The van der Waals surface area contributed by atoms with Gasteiger partial charge in [-0.25, -0.2) is 9.97 Å². The van der Waals surface area contributed by atoms with Gasteiger partial charge in [-0.05, 0) is 38.3 Å². The number of aryl methyl sites for hydroxylation is 1. The lowest BCUT2D eigenvalue weighted by molar-refractivity contribution is 0.0950. The van der Waals surface area contributed by atoms with E-state index in [1.165, 1.54) is 12.8 Å². The van der Waals surface area contributed by atoms with Crippen LogP contribution in [0.2, 0.25) is 0 Å². The minimum absolute atomic E-state index is 0.228. The van der Waals surface area contributed by atoms with Crippen LogP contribution in [0.3, 0.4) is 0 Å². The van der Waals surface area contributed by atoms with Crippen molar-refractivity contribution in [3.05, 3.63) is 71.6 Å². The van der Waals surface area contributed by atoms with Crippen LogP contribution in [-0.4, -0.2) is 44.3 Å². The molecule has 1 aliphatic rings. The van der Waals surface area contributed by atoms with Gasteiger partial charge in [0, 0.05) is 25.5 Å². The molecule has 2 heterocycles. The van der Waals surface area contributed by atoms with E-state index in [2.05, 4.69) is 32.2 Å². The molecule has 0 atom stereocenters. The minimum Gasteiger partial charge on any atom is -0.348 e. The SMILES string of the molecule is Cc1cnc(-c2nc(CN(C)CC3CC3)ncc2C(=O)NCc2ccccc2)cn1. The fourth-order valence-corrected chi connectivity index (χ4v) is 3.29. The summed E-state index contributed by atoms with van der Waals surface area (Å²) in [6.07, 6.45) is 7.54. The number of aromatic nitrogens is 4. The van der Waals surface area contributed by atoms with Gasteiger partial charge in [-0.3, -0.25) is 19.7 Å². The molecule has 0 unspecified atom stereocenters. The second-order valence-corrected chi connectivity index (χ2v) is 7.90. The van der Waals surface area contributed by atoms with Gasteiger partial charge in [-0.1, -0.05) is 30.3 Å². The largest absolute Gasteiger partial charge is 0.348 e. The Balaban J connectivity index is 1.57. The van der Waals surface area contributed by atoms with Crippen LogP contribution < -0.4 is 5.32 Å². The Morgan fingerprint density at radius 3 is 2.60 bits per heavy atom. The van der Waals surface area contributed by atoms with E-state index in [-0.39, 0.29) is 5.91 Å². The fourth-order valence-electron chi connectivity index (χ4n) is 3.29. The van der Waals surface area contributed by atoms with Crippen LogP contribution in [0.15, 0.2) is 48.9 Å². The lowest BCUT2D eigenvalue weighted by Crippen LogP contribution is -2.25. The molecule has 2 aromatic heterocycles. The van der Waals surface area contributed by atoms with E-state index in [0.29, 0.717) is 35.9 Å². The number of carbonyl (C=O) groups is 1. The zero-order valence-electron chi connectivity index (χ0n) is 17.4. The van der Waals surface area contributed by atoms with Gasteiger partial charge in [-0.15, -0.1) is 0 Å². The molecular weight excluding hydrogens is 376 g/mol. The molecule has 1 fully saturated rings. The van der Waals surface area contributed by atoms with Gasteiger partial charge in [-0.2, -0.15) is 0 Å². The first-order valence-electron chi connectivity index (χ1n) is 10.2. The quantitative estimate of drug-likeness (QED) is 0.624. The maximum atomic E-state index is 12.9. The van der Waals surface area contributed by atoms with Crippen molar-refractivity contribution in [1.82, 2.24) is 30.2 Å². The van der Waals surface area contributed by atoms with Crippen LogP contribution in [-0.2, 0) is 13.1 Å². The number of hydrogen-bond acceptors (Lipinski definition) is 6. The zero-order chi connectivity index (χ0) is 20.9. The van der Waals surface area contributed by atoms with Crippen molar-refractivity contribution in [2.75, 3.05) is 13.6 Å². The molecule has 7 nitrogen and oxygen atoms in total. The topological polar surface area (TPSA) is 83.9 Å². The fraction of sp³-hybridized carbons (Fsp3) is 0.348. The van der Waals surface area contributed by atoms with Gasteiger partial charge in [0.25, 0.3) is 5.91 Å². The first-order valence-corrected chi connectivity index (χ1v) is 10.2. The summed E-state index contributed by atoms with van der Waals surface area (Å²) in [4.78, 5) is 33.1. The molecular formula is C23H26N6O. The average molecular weight is 403 g/mol. The van der Waals surface area contributed by atoms with E-state index in [0.717, 1.165) is 23.7 Å². The van der Waals surface area contributed by atoms with E-state index in [1.807, 2.05) is 37.3 Å². The third kappa shape index (κ3) is 5.24. The predicted molar refractivity (Wildman–Crippen MR) is 114 cm³/mol. The van der Waals surface area contributed by atoms with Crippen molar-refractivity contribution in [2.45, 2.75) is 32.9 Å². The highest BCUT2D eigenvalue weighted by atomic mass is 16.1. The van der Waals surface area contributed by atoms with Crippen LogP contribution in [0.4, 0.5) is 0 Å². The van der Waals surface area contributed by atoms with E-state index >= 15 is 0 Å². The van der Waals surface area contributed by atoms with E-state index in [1.54, 1.807) is 18.6 Å². The van der Waals surface area contributed by atoms with Gasteiger partial charge < -0.3 is 5.32 Å². The van der Waals surface area contributed by atoms with Crippen LogP contribution in [0, 0.1) is 12.8 Å². The van der Waals surface area contributed by atoms with Gasteiger partial charge in [0.15, 0.2) is 0 Å². The van der Waals surface area contributed by atoms with E-state index in [4.69, 9.17) is 4.98 Å². The number of hydrogen-bond donors (Lipinski definition) is 1. The normalized spacial score (nSPS) is 13.4. The van der Waals surface area contributed by atoms with Crippen LogP contribution >= 0.6 is 0 Å². The molecule has 4 rings (SSSR count). The van der Waals surface area contributed by atoms with Crippen molar-refractivity contribution < 1.29 is 4.79 Å². The molecule has 1 aliphatic carbocycles. The average Bonchev–Trinajstić information content (AvgIpc) is 3.57. The number of nitrogens with one attached hydrogen (secondary N) is 1. The first-order chi connectivity index (χ1) is 14.6. The van der Waals surface area contributed by atoms with Crippen molar-refractivity contribution in [2.24, 2.45) is 5.92 Å². The molecule has 0 bridgehead atoms. The Hall–Kier alpha value is -3.19. The van der Waals surface area contributed by atoms with Crippen molar-refractivity contribution in [3.8, 4) is 11.4 Å². The predicted octanol–water partition coefficient (Wildman–Crippen LogP) is 3.01. The van der Waals surface area contributed by atoms with Gasteiger partial charge >= 0.3 is 0 Å². The maximum Gasteiger partial charge on any atom is 0.255 e. The smallest absolute Gasteiger partial charge is 0.255 e. The lowest BCUT2D eigenvalue weighted by atomic mass is 10.1. The highest BCUT2D eigenvalue weighted by Gasteiger charge is 2.23. The molecule has 0 radical (unpaired) electrons. The summed E-state index contributed by atoms with van der Waals surface area (Å²) in [5.74, 6) is 1.24. The highest BCUT2D eigenvalue weighted by molar-refractivity contribution is 5.99. The highest BCUT2D eigenvalue weighted by Crippen LogP contribution is 2.29. The molecule has 154 valence electrons. The van der Waals surface area contributed by atoms with E-state index < -0.39 is 0 Å². The summed E-state index contributed by atoms with van der Waals surface area (Å²) in [6.45, 7) is 3.99. The molecule has 0 saturated heterocycles. The molecule has 1 N–H and O–H groups in total. The van der Waals surface area contributed by atoms with Gasteiger partial charge in [0.2, 0.25) is 0 Å². The van der Waals surface area contributed by atoms with Crippen molar-refractivity contribution >= 4 is 5.91 Å². The third-order valence-electron chi connectivity index (χ3n) is 5.08. The molecule has 1 amide bonds. The number of rotatable bonds is 8. The number of benzene rings is 1. The molecule has 30 heavy (non-hydrogen) atoms. The summed E-state index contributed by atoms with van der Waals surface area (Å²) in [6, 6.07) is 9.80. The summed E-state index contributed by atoms with van der Waals surface area (Å²) in [5.41, 5.74) is 3.32. The molecule has 0 spiro atoms. The van der Waals surface area contributed by atoms with Gasteiger partial charge in [0.1, 0.15) is 17.2 Å². The molecule has 1 saturated carbocycles. The number of amides is 1. The molecule has 3 aromatic rings. The summed E-state index contributed by atoms with van der Waals surface area (Å²) >= 11 is 0. The summed E-state index contributed by atoms with van der Waals surface area (Å²) in [5, 5.41) is 2.95. The first kappa shape index (κ1) is 20.1. The Bertz CT molecular complexity index is 1000. The lowest BCUT2D eigenvalue weighted by Gasteiger charge is -2.16. The zero-order valence-corrected chi connectivity index (χ0v) is 17.4. The number of nitrogens with zero attached hydrogens (tertiary/aromatic N) is 5. The Morgan fingerprint density at radius 1 is 1.10 bits per heavy atom. The Labute approximate surface area is 176 Å². The molecule has 7 heteroatoms. The monoisotopic (exact) mass is 402 g/mol. The second-order valence-electron chi connectivity index (χ2n) is 7.90. The molecule has 1 aromatic carbocycles. The number of carbonyl (C=O) groups excluding carboxylic acids is 1. The summed E-state index contributed by atoms with van der Waals surface area (Å²) < 4.78 is 0. The second kappa shape index (κ2) is 9.09. The third-order valence-corrected chi connectivity index (χ3v) is 5.08. The van der Waals surface area contributed by atoms with Crippen molar-refractivity contribution in [1.29, 1.82) is 0 Å². The van der Waals surface area contributed by atoms with Crippen molar-refractivity contribution in [3.63, 3.8) is 0 Å². The van der Waals surface area contributed by atoms with Crippen LogP contribution in [0.5, 0.6) is 0 Å². The maximum absolute atomic E-state index is 12.9.